The first-order valence-electron chi connectivity index (χ1n) is 9.23. The van der Waals surface area contributed by atoms with Gasteiger partial charge >= 0.3 is 0 Å². The lowest BCUT2D eigenvalue weighted by Gasteiger charge is -2.27. The summed E-state index contributed by atoms with van der Waals surface area (Å²) in [5.74, 6) is 0.842. The standard InChI is InChI=1S/C20H35N3O/c1-7-23(8-2)17-9-10-22(14-17)13-15-11-16(20(3,4)5)12-18(21)19(15)24-6/h11-12,17H,7-10,13-14,21H2,1-6H3. The molecular formula is C20H35N3O. The lowest BCUT2D eigenvalue weighted by atomic mass is 9.85. The number of anilines is 1. The first kappa shape index (κ1) is 19.1. The number of nitrogen functional groups attached to an aromatic ring is 1. The van der Waals surface area contributed by atoms with Crippen molar-refractivity contribution in [1.82, 2.24) is 9.80 Å². The highest BCUT2D eigenvalue weighted by molar-refractivity contribution is 5.60. The van der Waals surface area contributed by atoms with E-state index in [2.05, 4.69) is 56.6 Å². The second-order valence-corrected chi connectivity index (χ2v) is 7.91. The van der Waals surface area contributed by atoms with Crippen molar-refractivity contribution in [2.75, 3.05) is 39.0 Å². The second-order valence-electron chi connectivity index (χ2n) is 7.91. The van der Waals surface area contributed by atoms with Gasteiger partial charge in [-0.3, -0.25) is 9.80 Å². The molecule has 4 heteroatoms. The Hall–Kier alpha value is -1.26. The zero-order valence-corrected chi connectivity index (χ0v) is 16.4. The van der Waals surface area contributed by atoms with E-state index in [1.807, 2.05) is 0 Å². The van der Waals surface area contributed by atoms with E-state index < -0.39 is 0 Å². The maximum Gasteiger partial charge on any atom is 0.146 e. The Morgan fingerprint density at radius 1 is 1.25 bits per heavy atom. The van der Waals surface area contributed by atoms with E-state index in [0.29, 0.717) is 6.04 Å². The zero-order valence-electron chi connectivity index (χ0n) is 16.4. The third kappa shape index (κ3) is 4.22. The average molecular weight is 334 g/mol. The van der Waals surface area contributed by atoms with Gasteiger partial charge in [-0.1, -0.05) is 40.7 Å². The van der Waals surface area contributed by atoms with Crippen LogP contribution in [0.1, 0.15) is 52.2 Å². The van der Waals surface area contributed by atoms with E-state index in [9.17, 15) is 0 Å². The minimum Gasteiger partial charge on any atom is -0.494 e. The number of nitrogens with two attached hydrogens (primary N) is 1. The molecule has 1 fully saturated rings. The van der Waals surface area contributed by atoms with E-state index in [0.717, 1.165) is 44.2 Å². The molecule has 0 aromatic heterocycles. The summed E-state index contributed by atoms with van der Waals surface area (Å²) >= 11 is 0. The van der Waals surface area contributed by atoms with Crippen LogP contribution in [0, 0.1) is 0 Å². The fourth-order valence-corrected chi connectivity index (χ4v) is 3.75. The SMILES string of the molecule is CCN(CC)C1CCN(Cc2cc(C(C)(C)C)cc(N)c2OC)C1. The molecule has 0 aliphatic carbocycles. The third-order valence-electron chi connectivity index (χ3n) is 5.23. The van der Waals surface area contributed by atoms with Crippen molar-refractivity contribution < 1.29 is 4.74 Å². The van der Waals surface area contributed by atoms with Gasteiger partial charge in [0.25, 0.3) is 0 Å². The van der Waals surface area contributed by atoms with E-state index in [1.54, 1.807) is 7.11 Å². The molecule has 1 unspecified atom stereocenters. The number of hydrogen-bond acceptors (Lipinski definition) is 4. The molecule has 1 aromatic carbocycles. The van der Waals surface area contributed by atoms with Gasteiger partial charge in [-0.15, -0.1) is 0 Å². The van der Waals surface area contributed by atoms with Crippen molar-refractivity contribution in [1.29, 1.82) is 0 Å². The summed E-state index contributed by atoms with van der Waals surface area (Å²) in [4.78, 5) is 5.10. The fraction of sp³-hybridized carbons (Fsp3) is 0.700. The van der Waals surface area contributed by atoms with Gasteiger partial charge in [0.2, 0.25) is 0 Å². The first-order chi connectivity index (χ1) is 11.3. The maximum atomic E-state index is 6.27. The number of likely N-dealkylation sites (tertiary alicyclic amines) is 1. The van der Waals surface area contributed by atoms with E-state index >= 15 is 0 Å². The van der Waals surface area contributed by atoms with Gasteiger partial charge in [0, 0.05) is 31.2 Å². The highest BCUT2D eigenvalue weighted by atomic mass is 16.5. The van der Waals surface area contributed by atoms with Crippen molar-refractivity contribution in [2.45, 2.75) is 59.0 Å². The van der Waals surface area contributed by atoms with Crippen LogP contribution in [-0.4, -0.2) is 49.1 Å². The molecule has 0 bridgehead atoms. The van der Waals surface area contributed by atoms with Crippen molar-refractivity contribution in [3.63, 3.8) is 0 Å². The normalized spacial score (nSPS) is 19.2. The van der Waals surface area contributed by atoms with Crippen molar-refractivity contribution in [2.24, 2.45) is 0 Å². The number of benzene rings is 1. The van der Waals surface area contributed by atoms with Gasteiger partial charge in [-0.05, 0) is 36.6 Å². The number of methoxy groups -OCH3 is 1. The monoisotopic (exact) mass is 333 g/mol. The van der Waals surface area contributed by atoms with Gasteiger partial charge in [0.05, 0.1) is 12.8 Å². The molecule has 2 rings (SSSR count). The smallest absolute Gasteiger partial charge is 0.146 e. The quantitative estimate of drug-likeness (QED) is 0.809. The molecule has 1 heterocycles. The molecule has 1 aromatic rings. The van der Waals surface area contributed by atoms with Crippen LogP contribution in [0.15, 0.2) is 12.1 Å². The van der Waals surface area contributed by atoms with Gasteiger partial charge < -0.3 is 10.5 Å². The van der Waals surface area contributed by atoms with Crippen molar-refractivity contribution in [3.8, 4) is 5.75 Å². The minimum absolute atomic E-state index is 0.0872. The lowest BCUT2D eigenvalue weighted by Crippen LogP contribution is -2.37. The molecule has 0 saturated carbocycles. The van der Waals surface area contributed by atoms with E-state index in [-0.39, 0.29) is 5.41 Å². The summed E-state index contributed by atoms with van der Waals surface area (Å²) in [5.41, 5.74) is 9.59. The number of ether oxygens (including phenoxy) is 1. The summed E-state index contributed by atoms with van der Waals surface area (Å²) in [5, 5.41) is 0. The van der Waals surface area contributed by atoms with E-state index in [4.69, 9.17) is 10.5 Å². The van der Waals surface area contributed by atoms with Crippen molar-refractivity contribution >= 4 is 5.69 Å². The predicted octanol–water partition coefficient (Wildman–Crippen LogP) is 3.49. The molecule has 0 spiro atoms. The second kappa shape index (κ2) is 7.75. The maximum absolute atomic E-state index is 6.27. The number of hydrogen-bond donors (Lipinski definition) is 1. The summed E-state index contributed by atoms with van der Waals surface area (Å²) < 4.78 is 5.61. The minimum atomic E-state index is 0.0872. The van der Waals surface area contributed by atoms with Gasteiger partial charge in [0.15, 0.2) is 0 Å². The Balaban J connectivity index is 2.19. The van der Waals surface area contributed by atoms with Crippen LogP contribution in [0.5, 0.6) is 5.75 Å². The number of rotatable bonds is 6. The summed E-state index contributed by atoms with van der Waals surface area (Å²) in [6.07, 6.45) is 1.25. The van der Waals surface area contributed by atoms with Crippen LogP contribution in [0.25, 0.3) is 0 Å². The first-order valence-corrected chi connectivity index (χ1v) is 9.23. The highest BCUT2D eigenvalue weighted by Gasteiger charge is 2.27. The Morgan fingerprint density at radius 2 is 1.92 bits per heavy atom. The summed E-state index contributed by atoms with van der Waals surface area (Å²) in [6.45, 7) is 16.6. The van der Waals surface area contributed by atoms with Crippen LogP contribution in [0.4, 0.5) is 5.69 Å². The largest absolute Gasteiger partial charge is 0.494 e. The van der Waals surface area contributed by atoms with Gasteiger partial charge in [-0.2, -0.15) is 0 Å². The zero-order chi connectivity index (χ0) is 17.9. The van der Waals surface area contributed by atoms with Gasteiger partial charge in [-0.25, -0.2) is 0 Å². The molecule has 24 heavy (non-hydrogen) atoms. The third-order valence-corrected chi connectivity index (χ3v) is 5.23. The molecule has 4 nitrogen and oxygen atoms in total. The van der Waals surface area contributed by atoms with Crippen LogP contribution in [0.2, 0.25) is 0 Å². The molecule has 1 atom stereocenters. The van der Waals surface area contributed by atoms with Gasteiger partial charge in [0.1, 0.15) is 5.75 Å². The van der Waals surface area contributed by atoms with Crippen LogP contribution in [-0.2, 0) is 12.0 Å². The Bertz CT molecular complexity index is 547. The highest BCUT2D eigenvalue weighted by Crippen LogP contribution is 2.34. The summed E-state index contributed by atoms with van der Waals surface area (Å²) in [7, 11) is 1.72. The fourth-order valence-electron chi connectivity index (χ4n) is 3.75. The Morgan fingerprint density at radius 3 is 2.46 bits per heavy atom. The lowest BCUT2D eigenvalue weighted by molar-refractivity contribution is 0.208. The average Bonchev–Trinajstić information content (AvgIpc) is 2.95. The molecule has 1 saturated heterocycles. The van der Waals surface area contributed by atoms with Crippen LogP contribution in [0.3, 0.4) is 0 Å². The number of likely N-dealkylation sites (N-methyl/N-ethyl adjacent to an activating group) is 1. The molecule has 0 radical (unpaired) electrons. The van der Waals surface area contributed by atoms with Crippen LogP contribution < -0.4 is 10.5 Å². The molecular weight excluding hydrogens is 298 g/mol. The Kier molecular flexibility index (Phi) is 6.16. The molecule has 1 aliphatic rings. The predicted molar refractivity (Wildman–Crippen MR) is 103 cm³/mol. The topological polar surface area (TPSA) is 41.7 Å². The Labute approximate surface area is 148 Å². The molecule has 0 amide bonds. The number of nitrogens with zero attached hydrogens (tertiary/aromatic N) is 2. The summed E-state index contributed by atoms with van der Waals surface area (Å²) in [6, 6.07) is 5.01. The van der Waals surface area contributed by atoms with E-state index in [1.165, 1.54) is 17.5 Å². The molecule has 1 aliphatic heterocycles. The van der Waals surface area contributed by atoms with Crippen LogP contribution >= 0.6 is 0 Å². The molecule has 2 N–H and O–H groups in total. The molecule has 136 valence electrons. The van der Waals surface area contributed by atoms with Crippen molar-refractivity contribution in [3.05, 3.63) is 23.3 Å².